The predicted molar refractivity (Wildman–Crippen MR) is 124 cm³/mol. The Balaban J connectivity index is 2.61. The van der Waals surface area contributed by atoms with Crippen LogP contribution in [0.2, 0.25) is 16.6 Å². The number of nitrogens with zero attached hydrogens (tertiary/aromatic N) is 1. The summed E-state index contributed by atoms with van der Waals surface area (Å²) in [5.74, 6) is -0.342. The van der Waals surface area contributed by atoms with E-state index in [1.165, 1.54) is 0 Å². The predicted octanol–water partition coefficient (Wildman–Crippen LogP) is 7.99. The van der Waals surface area contributed by atoms with Crippen LogP contribution in [0.1, 0.15) is 64.7 Å². The second kappa shape index (κ2) is 9.87. The highest BCUT2D eigenvalue weighted by atomic mass is 79.9. The molecule has 2 atom stereocenters. The van der Waals surface area contributed by atoms with E-state index in [2.05, 4.69) is 75.7 Å². The molecule has 2 unspecified atom stereocenters. The molecule has 0 aliphatic heterocycles. The third-order valence-electron chi connectivity index (χ3n) is 5.84. The molecule has 2 nitrogen and oxygen atoms in total. The molecule has 0 aliphatic carbocycles. The smallest absolute Gasteiger partial charge is 0.201 e. The van der Waals surface area contributed by atoms with Crippen LogP contribution in [-0.4, -0.2) is 8.32 Å². The average molecular weight is 459 g/mol. The molecule has 0 saturated carbocycles. The molecule has 0 amide bonds. The minimum atomic E-state index is -2.16. The van der Waals surface area contributed by atoms with Crippen molar-refractivity contribution < 1.29 is 4.43 Å². The molecule has 0 spiro atoms. The Labute approximate surface area is 180 Å². The molecule has 0 heterocycles. The molecule has 0 N–H and O–H groups in total. The van der Waals surface area contributed by atoms with Gasteiger partial charge < -0.3 is 4.43 Å². The highest BCUT2D eigenvalue weighted by Gasteiger charge is 2.48. The quantitative estimate of drug-likeness (QED) is 0.376. The van der Waals surface area contributed by atoms with E-state index in [1.807, 2.05) is 42.5 Å². The second-order valence-electron chi connectivity index (χ2n) is 8.43. The second-order valence-corrected chi connectivity index (χ2v) is 14.7. The van der Waals surface area contributed by atoms with Gasteiger partial charge in [0.1, 0.15) is 5.92 Å². The van der Waals surface area contributed by atoms with Gasteiger partial charge in [0.2, 0.25) is 8.32 Å². The van der Waals surface area contributed by atoms with Crippen LogP contribution in [0.15, 0.2) is 59.1 Å². The fourth-order valence-corrected chi connectivity index (χ4v) is 10.4. The molecule has 150 valence electrons. The van der Waals surface area contributed by atoms with E-state index in [4.69, 9.17) is 4.43 Å². The maximum Gasteiger partial charge on any atom is 0.201 e. The standard InChI is InChI=1S/C24H32BrNOSi/c1-17(2)28(18(3)4,19(5)6)27-24(21-12-14-22(25)15-13-21)23(16-26)20-10-8-7-9-11-20/h7-15,17-19,23-24H,1-6H3. The van der Waals surface area contributed by atoms with Crippen molar-refractivity contribution in [1.82, 2.24) is 0 Å². The minimum Gasteiger partial charge on any atom is -0.407 e. The summed E-state index contributed by atoms with van der Waals surface area (Å²) in [7, 11) is -2.16. The number of halogens is 1. The largest absolute Gasteiger partial charge is 0.407 e. The first-order valence-corrected chi connectivity index (χ1v) is 13.0. The number of nitriles is 1. The maximum absolute atomic E-state index is 10.2. The Morgan fingerprint density at radius 3 is 1.71 bits per heavy atom. The van der Waals surface area contributed by atoms with E-state index >= 15 is 0 Å². The molecule has 2 aromatic rings. The zero-order valence-corrected chi connectivity index (χ0v) is 20.4. The summed E-state index contributed by atoms with van der Waals surface area (Å²) in [6.07, 6.45) is -0.278. The third kappa shape index (κ3) is 4.76. The van der Waals surface area contributed by atoms with Gasteiger partial charge in [-0.05, 0) is 39.9 Å². The molecule has 0 radical (unpaired) electrons. The van der Waals surface area contributed by atoms with Crippen LogP contribution in [0.5, 0.6) is 0 Å². The van der Waals surface area contributed by atoms with Crippen LogP contribution in [-0.2, 0) is 4.43 Å². The molecule has 0 aliphatic rings. The van der Waals surface area contributed by atoms with Crippen molar-refractivity contribution in [3.8, 4) is 6.07 Å². The lowest BCUT2D eigenvalue weighted by molar-refractivity contribution is 0.163. The Kier molecular flexibility index (Phi) is 8.06. The van der Waals surface area contributed by atoms with Gasteiger partial charge in [0.25, 0.3) is 0 Å². The molecule has 4 heteroatoms. The summed E-state index contributed by atoms with van der Waals surface area (Å²) in [6.45, 7) is 13.7. The van der Waals surface area contributed by atoms with Crippen molar-refractivity contribution in [2.24, 2.45) is 0 Å². The Bertz CT molecular complexity index is 759. The van der Waals surface area contributed by atoms with E-state index in [1.54, 1.807) is 0 Å². The van der Waals surface area contributed by atoms with Crippen LogP contribution < -0.4 is 0 Å². The van der Waals surface area contributed by atoms with Gasteiger partial charge in [0.05, 0.1) is 12.2 Å². The highest BCUT2D eigenvalue weighted by Crippen LogP contribution is 2.48. The molecular formula is C24H32BrNOSi. The van der Waals surface area contributed by atoms with E-state index < -0.39 is 8.32 Å². The first-order chi connectivity index (χ1) is 13.2. The van der Waals surface area contributed by atoms with Crippen LogP contribution >= 0.6 is 15.9 Å². The van der Waals surface area contributed by atoms with Crippen LogP contribution in [0.3, 0.4) is 0 Å². The van der Waals surface area contributed by atoms with E-state index in [-0.39, 0.29) is 12.0 Å². The average Bonchev–Trinajstić information content (AvgIpc) is 2.65. The van der Waals surface area contributed by atoms with Crippen molar-refractivity contribution in [3.63, 3.8) is 0 Å². The normalized spacial score (nSPS) is 14.3. The van der Waals surface area contributed by atoms with Gasteiger partial charge in [-0.25, -0.2) is 0 Å². The molecule has 2 aromatic carbocycles. The van der Waals surface area contributed by atoms with E-state index in [9.17, 15) is 5.26 Å². The van der Waals surface area contributed by atoms with Gasteiger partial charge in [-0.2, -0.15) is 5.26 Å². The number of hydrogen-bond acceptors (Lipinski definition) is 2. The molecule has 0 saturated heterocycles. The fraction of sp³-hybridized carbons (Fsp3) is 0.458. The molecular weight excluding hydrogens is 426 g/mol. The Morgan fingerprint density at radius 1 is 0.786 bits per heavy atom. The maximum atomic E-state index is 10.2. The van der Waals surface area contributed by atoms with Crippen molar-refractivity contribution in [2.45, 2.75) is 70.2 Å². The zero-order valence-electron chi connectivity index (χ0n) is 17.8. The summed E-state index contributed by atoms with van der Waals surface area (Å²) in [5.41, 5.74) is 3.45. The van der Waals surface area contributed by atoms with Gasteiger partial charge in [-0.15, -0.1) is 0 Å². The SMILES string of the molecule is CC(C)[Si](OC(c1ccc(Br)cc1)C(C#N)c1ccccc1)(C(C)C)C(C)C. The topological polar surface area (TPSA) is 33.0 Å². The molecule has 2 rings (SSSR count). The van der Waals surface area contributed by atoms with Gasteiger partial charge >= 0.3 is 0 Å². The zero-order chi connectivity index (χ0) is 20.9. The van der Waals surface area contributed by atoms with Gasteiger partial charge in [-0.1, -0.05) is 99.9 Å². The van der Waals surface area contributed by atoms with Crippen LogP contribution in [0.4, 0.5) is 0 Å². The molecule has 0 bridgehead atoms. The van der Waals surface area contributed by atoms with Crippen molar-refractivity contribution in [1.29, 1.82) is 5.26 Å². The fourth-order valence-electron chi connectivity index (χ4n) is 4.59. The minimum absolute atomic E-state index is 0.278. The summed E-state index contributed by atoms with van der Waals surface area (Å²) in [6, 6.07) is 20.8. The van der Waals surface area contributed by atoms with Gasteiger partial charge in [0, 0.05) is 4.47 Å². The van der Waals surface area contributed by atoms with Crippen molar-refractivity contribution in [2.75, 3.05) is 0 Å². The van der Waals surface area contributed by atoms with Crippen molar-refractivity contribution >= 4 is 24.2 Å². The summed E-state index contributed by atoms with van der Waals surface area (Å²) < 4.78 is 8.19. The molecule has 0 fully saturated rings. The Morgan fingerprint density at radius 2 is 1.29 bits per heavy atom. The Hall–Kier alpha value is -1.41. The lowest BCUT2D eigenvalue weighted by Crippen LogP contribution is -2.49. The monoisotopic (exact) mass is 457 g/mol. The van der Waals surface area contributed by atoms with Crippen molar-refractivity contribution in [3.05, 3.63) is 70.2 Å². The third-order valence-corrected chi connectivity index (χ3v) is 12.4. The van der Waals surface area contributed by atoms with Crippen LogP contribution in [0, 0.1) is 11.3 Å². The summed E-state index contributed by atoms with van der Waals surface area (Å²) in [4.78, 5) is 0. The lowest BCUT2D eigenvalue weighted by atomic mass is 9.90. The number of hydrogen-bond donors (Lipinski definition) is 0. The highest BCUT2D eigenvalue weighted by molar-refractivity contribution is 9.10. The first kappa shape index (κ1) is 22.9. The molecule has 28 heavy (non-hydrogen) atoms. The van der Waals surface area contributed by atoms with Crippen LogP contribution in [0.25, 0.3) is 0 Å². The number of benzene rings is 2. The lowest BCUT2D eigenvalue weighted by Gasteiger charge is -2.45. The summed E-state index contributed by atoms with van der Waals surface area (Å²) in [5, 5.41) is 10.2. The van der Waals surface area contributed by atoms with Gasteiger partial charge in [-0.3, -0.25) is 0 Å². The molecule has 0 aromatic heterocycles. The van der Waals surface area contributed by atoms with E-state index in [0.717, 1.165) is 15.6 Å². The van der Waals surface area contributed by atoms with Gasteiger partial charge in [0.15, 0.2) is 0 Å². The summed E-state index contributed by atoms with van der Waals surface area (Å²) >= 11 is 3.53. The number of rotatable bonds is 8. The van der Waals surface area contributed by atoms with E-state index in [0.29, 0.717) is 16.6 Å². The first-order valence-electron chi connectivity index (χ1n) is 10.1.